The molecule has 0 aliphatic heterocycles. The number of carbonyl (C=O) groups is 1. The van der Waals surface area contributed by atoms with Crippen LogP contribution in [-0.4, -0.2) is 43.5 Å². The third-order valence-electron chi connectivity index (χ3n) is 3.52. The van der Waals surface area contributed by atoms with Crippen LogP contribution in [0.25, 0.3) is 0 Å². The Balaban J connectivity index is 2.11. The molecule has 1 rings (SSSR count). The Bertz CT molecular complexity index is 220. The average Bonchev–Trinajstić information content (AvgIpc) is 2.64. The summed E-state index contributed by atoms with van der Waals surface area (Å²) in [5, 5.41) is 2.96. The zero-order valence-corrected chi connectivity index (χ0v) is 10.5. The molecule has 0 aromatic heterocycles. The predicted octanol–water partition coefficient (Wildman–Crippen LogP) is 0.572. The van der Waals surface area contributed by atoms with Crippen molar-refractivity contribution in [2.75, 3.05) is 26.7 Å². The quantitative estimate of drug-likeness (QED) is 0.697. The lowest BCUT2D eigenvalue weighted by molar-refractivity contribution is -0.122. The van der Waals surface area contributed by atoms with Crippen molar-refractivity contribution in [2.24, 2.45) is 11.7 Å². The van der Waals surface area contributed by atoms with E-state index in [0.29, 0.717) is 12.3 Å². The molecule has 0 heterocycles. The molecule has 4 nitrogen and oxygen atoms in total. The minimum Gasteiger partial charge on any atom is -0.355 e. The van der Waals surface area contributed by atoms with Crippen molar-refractivity contribution in [3.8, 4) is 0 Å². The van der Waals surface area contributed by atoms with Crippen LogP contribution in [0.15, 0.2) is 0 Å². The molecule has 1 aliphatic rings. The fourth-order valence-electron chi connectivity index (χ4n) is 2.17. The largest absolute Gasteiger partial charge is 0.355 e. The van der Waals surface area contributed by atoms with Crippen molar-refractivity contribution in [1.29, 1.82) is 0 Å². The van der Waals surface area contributed by atoms with Gasteiger partial charge in [0.2, 0.25) is 5.91 Å². The van der Waals surface area contributed by atoms with Crippen LogP contribution in [0, 0.1) is 5.92 Å². The van der Waals surface area contributed by atoms with E-state index in [1.54, 1.807) is 0 Å². The summed E-state index contributed by atoms with van der Waals surface area (Å²) in [4.78, 5) is 13.8. The molecule has 94 valence electrons. The molecule has 0 saturated heterocycles. The summed E-state index contributed by atoms with van der Waals surface area (Å²) in [7, 11) is 2.05. The lowest BCUT2D eigenvalue weighted by Crippen LogP contribution is -2.35. The van der Waals surface area contributed by atoms with Crippen LogP contribution in [-0.2, 0) is 4.79 Å². The number of nitrogens with one attached hydrogen (secondary N) is 1. The van der Waals surface area contributed by atoms with E-state index in [4.69, 9.17) is 5.73 Å². The number of amides is 1. The van der Waals surface area contributed by atoms with E-state index in [1.165, 1.54) is 6.42 Å². The third kappa shape index (κ3) is 4.49. The molecular weight excluding hydrogens is 202 g/mol. The Morgan fingerprint density at radius 1 is 1.50 bits per heavy atom. The van der Waals surface area contributed by atoms with Gasteiger partial charge in [0.25, 0.3) is 0 Å². The Morgan fingerprint density at radius 3 is 2.81 bits per heavy atom. The van der Waals surface area contributed by atoms with Crippen molar-refractivity contribution in [3.05, 3.63) is 0 Å². The molecule has 0 bridgehead atoms. The summed E-state index contributed by atoms with van der Waals surface area (Å²) >= 11 is 0. The van der Waals surface area contributed by atoms with E-state index in [1.807, 2.05) is 0 Å². The Hall–Kier alpha value is -0.610. The fraction of sp³-hybridized carbons (Fsp3) is 0.917. The van der Waals surface area contributed by atoms with Crippen molar-refractivity contribution in [2.45, 2.75) is 38.6 Å². The number of hydrogen-bond acceptors (Lipinski definition) is 3. The summed E-state index contributed by atoms with van der Waals surface area (Å²) in [5.74, 6) is 0.566. The van der Waals surface area contributed by atoms with E-state index in [-0.39, 0.29) is 11.9 Å². The van der Waals surface area contributed by atoms with E-state index in [2.05, 4.69) is 24.2 Å². The number of nitrogens with zero attached hydrogens (tertiary/aromatic N) is 1. The highest BCUT2D eigenvalue weighted by atomic mass is 16.1. The minimum absolute atomic E-state index is 0.159. The summed E-state index contributed by atoms with van der Waals surface area (Å²) in [6.45, 7) is 4.78. The van der Waals surface area contributed by atoms with E-state index in [0.717, 1.165) is 32.5 Å². The summed E-state index contributed by atoms with van der Waals surface area (Å²) in [5.41, 5.74) is 5.94. The maximum atomic E-state index is 11.6. The number of carbonyl (C=O) groups excluding carboxylic acids is 1. The SMILES string of the molecule is CCN(C)CCNC(=O)C[C@@H]1CCC[C@H]1N. The molecular formula is C12H25N3O. The monoisotopic (exact) mass is 227 g/mol. The van der Waals surface area contributed by atoms with Gasteiger partial charge in [-0.2, -0.15) is 0 Å². The van der Waals surface area contributed by atoms with Crippen LogP contribution in [0.3, 0.4) is 0 Å². The van der Waals surface area contributed by atoms with Gasteiger partial charge in [-0.25, -0.2) is 0 Å². The highest BCUT2D eigenvalue weighted by Gasteiger charge is 2.25. The van der Waals surface area contributed by atoms with Crippen LogP contribution < -0.4 is 11.1 Å². The minimum atomic E-state index is 0.159. The zero-order valence-electron chi connectivity index (χ0n) is 10.5. The van der Waals surface area contributed by atoms with Crippen molar-refractivity contribution < 1.29 is 4.79 Å². The highest BCUT2D eigenvalue weighted by Crippen LogP contribution is 2.26. The molecule has 3 N–H and O–H groups in total. The van der Waals surface area contributed by atoms with Gasteiger partial charge in [0.05, 0.1) is 0 Å². The van der Waals surface area contributed by atoms with E-state index < -0.39 is 0 Å². The molecule has 1 fully saturated rings. The molecule has 16 heavy (non-hydrogen) atoms. The first-order valence-corrected chi connectivity index (χ1v) is 6.34. The molecule has 0 radical (unpaired) electrons. The van der Waals surface area contributed by atoms with Crippen LogP contribution in [0.2, 0.25) is 0 Å². The van der Waals surface area contributed by atoms with Crippen molar-refractivity contribution >= 4 is 5.91 Å². The predicted molar refractivity (Wildman–Crippen MR) is 66.1 cm³/mol. The van der Waals surface area contributed by atoms with Crippen LogP contribution >= 0.6 is 0 Å². The number of likely N-dealkylation sites (N-methyl/N-ethyl adjacent to an activating group) is 1. The topological polar surface area (TPSA) is 58.4 Å². The van der Waals surface area contributed by atoms with Gasteiger partial charge in [0.15, 0.2) is 0 Å². The number of rotatable bonds is 6. The standard InChI is InChI=1S/C12H25N3O/c1-3-15(2)8-7-14-12(16)9-10-5-4-6-11(10)13/h10-11H,3-9,13H2,1-2H3,(H,14,16)/t10-,11+/m0/s1. The lowest BCUT2D eigenvalue weighted by Gasteiger charge is -2.16. The zero-order chi connectivity index (χ0) is 12.0. The maximum Gasteiger partial charge on any atom is 0.220 e. The first kappa shape index (κ1) is 13.5. The fourth-order valence-corrected chi connectivity index (χ4v) is 2.17. The highest BCUT2D eigenvalue weighted by molar-refractivity contribution is 5.76. The summed E-state index contributed by atoms with van der Waals surface area (Å²) in [6, 6.07) is 0.240. The number of nitrogens with two attached hydrogens (primary N) is 1. The molecule has 0 unspecified atom stereocenters. The first-order chi connectivity index (χ1) is 7.63. The first-order valence-electron chi connectivity index (χ1n) is 6.34. The van der Waals surface area contributed by atoms with Crippen molar-refractivity contribution in [1.82, 2.24) is 10.2 Å². The Labute approximate surface area is 98.6 Å². The maximum absolute atomic E-state index is 11.6. The summed E-state index contributed by atoms with van der Waals surface area (Å²) in [6.07, 6.45) is 3.98. The normalized spacial score (nSPS) is 25.0. The molecule has 4 heteroatoms. The average molecular weight is 227 g/mol. The van der Waals surface area contributed by atoms with Crippen LogP contribution in [0.4, 0.5) is 0 Å². The van der Waals surface area contributed by atoms with Gasteiger partial charge in [-0.15, -0.1) is 0 Å². The van der Waals surface area contributed by atoms with Gasteiger partial charge in [-0.3, -0.25) is 4.79 Å². The van der Waals surface area contributed by atoms with Gasteiger partial charge in [0, 0.05) is 25.6 Å². The van der Waals surface area contributed by atoms with Gasteiger partial charge < -0.3 is 16.0 Å². The summed E-state index contributed by atoms with van der Waals surface area (Å²) < 4.78 is 0. The lowest BCUT2D eigenvalue weighted by atomic mass is 10.00. The molecule has 1 saturated carbocycles. The van der Waals surface area contributed by atoms with Crippen molar-refractivity contribution in [3.63, 3.8) is 0 Å². The Morgan fingerprint density at radius 2 is 2.25 bits per heavy atom. The third-order valence-corrected chi connectivity index (χ3v) is 3.52. The van der Waals surface area contributed by atoms with Crippen LogP contribution in [0.1, 0.15) is 32.6 Å². The Kier molecular flexibility index (Phi) is 5.77. The van der Waals surface area contributed by atoms with Gasteiger partial charge in [0.1, 0.15) is 0 Å². The van der Waals surface area contributed by atoms with E-state index >= 15 is 0 Å². The molecule has 1 amide bonds. The second-order valence-corrected chi connectivity index (χ2v) is 4.80. The molecule has 0 aromatic carbocycles. The smallest absolute Gasteiger partial charge is 0.220 e. The van der Waals surface area contributed by atoms with Crippen LogP contribution in [0.5, 0.6) is 0 Å². The van der Waals surface area contributed by atoms with Gasteiger partial charge in [-0.05, 0) is 32.4 Å². The molecule has 0 aromatic rings. The molecule has 1 aliphatic carbocycles. The molecule has 2 atom stereocenters. The molecule has 0 spiro atoms. The second kappa shape index (κ2) is 6.86. The second-order valence-electron chi connectivity index (χ2n) is 4.80. The van der Waals surface area contributed by atoms with Gasteiger partial charge in [-0.1, -0.05) is 13.3 Å². The van der Waals surface area contributed by atoms with Gasteiger partial charge >= 0.3 is 0 Å². The van der Waals surface area contributed by atoms with E-state index in [9.17, 15) is 4.79 Å². The number of hydrogen-bond donors (Lipinski definition) is 2.